The van der Waals surface area contributed by atoms with E-state index < -0.39 is 4.92 Å². The molecule has 1 aromatic carbocycles. The minimum Gasteiger partial charge on any atom is -0.337 e. The van der Waals surface area contributed by atoms with Gasteiger partial charge in [-0.2, -0.15) is 5.10 Å². The number of rotatable bonds is 3. The molecule has 2 aliphatic rings. The van der Waals surface area contributed by atoms with Gasteiger partial charge in [0.1, 0.15) is 0 Å². The van der Waals surface area contributed by atoms with E-state index >= 15 is 0 Å². The summed E-state index contributed by atoms with van der Waals surface area (Å²) in [5.41, 5.74) is 7.20. The number of nitro groups is 1. The van der Waals surface area contributed by atoms with E-state index in [1.54, 1.807) is 29.1 Å². The van der Waals surface area contributed by atoms with Gasteiger partial charge >= 0.3 is 0 Å². The molecule has 2 N–H and O–H groups in total. The van der Waals surface area contributed by atoms with Crippen LogP contribution in [0.1, 0.15) is 23.3 Å². The van der Waals surface area contributed by atoms with Gasteiger partial charge in [0.2, 0.25) is 0 Å². The Bertz CT molecular complexity index is 816. The van der Waals surface area contributed by atoms with Crippen LogP contribution in [-0.2, 0) is 0 Å². The van der Waals surface area contributed by atoms with Gasteiger partial charge in [-0.3, -0.25) is 14.9 Å². The second-order valence-electron chi connectivity index (χ2n) is 6.79. The Hall–Kier alpha value is -2.74. The zero-order valence-corrected chi connectivity index (χ0v) is 13.6. The number of hydrogen-bond acceptors (Lipinski definition) is 5. The molecule has 0 spiro atoms. The van der Waals surface area contributed by atoms with Crippen molar-refractivity contribution in [3.05, 3.63) is 52.3 Å². The van der Waals surface area contributed by atoms with Crippen molar-refractivity contribution in [2.45, 2.75) is 18.9 Å². The van der Waals surface area contributed by atoms with Crippen LogP contribution in [0.2, 0.25) is 0 Å². The highest BCUT2D eigenvalue weighted by molar-refractivity contribution is 5.92. The van der Waals surface area contributed by atoms with Crippen LogP contribution < -0.4 is 5.73 Å². The highest BCUT2D eigenvalue weighted by Crippen LogP contribution is 2.37. The fraction of sp³-hybridized carbons (Fsp3) is 0.412. The predicted octanol–water partition coefficient (Wildman–Crippen LogP) is 1.59. The normalized spacial score (nSPS) is 25.2. The maximum Gasteiger partial charge on any atom is 0.274 e. The Labute approximate surface area is 144 Å². The van der Waals surface area contributed by atoms with E-state index in [1.807, 2.05) is 4.90 Å². The number of nitro benzene ring substituents is 1. The van der Waals surface area contributed by atoms with E-state index in [2.05, 4.69) is 5.10 Å². The molecular weight excluding hydrogens is 322 g/mol. The zero-order chi connectivity index (χ0) is 17.6. The van der Waals surface area contributed by atoms with Crippen LogP contribution in [-0.4, -0.2) is 44.6 Å². The Balaban J connectivity index is 1.49. The van der Waals surface area contributed by atoms with E-state index in [-0.39, 0.29) is 17.6 Å². The van der Waals surface area contributed by atoms with Gasteiger partial charge in [0.25, 0.3) is 11.6 Å². The Morgan fingerprint density at radius 1 is 1.20 bits per heavy atom. The Kier molecular flexibility index (Phi) is 3.76. The minimum absolute atomic E-state index is 0.0205. The van der Waals surface area contributed by atoms with Crippen molar-refractivity contribution in [2.24, 2.45) is 17.6 Å². The van der Waals surface area contributed by atoms with Gasteiger partial charge in [0.05, 0.1) is 10.6 Å². The zero-order valence-electron chi connectivity index (χ0n) is 13.6. The first-order chi connectivity index (χ1) is 12.0. The average molecular weight is 341 g/mol. The largest absolute Gasteiger partial charge is 0.337 e. The number of aromatic nitrogens is 2. The quantitative estimate of drug-likeness (QED) is 0.674. The molecule has 0 radical (unpaired) electrons. The lowest BCUT2D eigenvalue weighted by molar-refractivity contribution is -0.384. The summed E-state index contributed by atoms with van der Waals surface area (Å²) in [6, 6.07) is 7.93. The third-order valence-electron chi connectivity index (χ3n) is 5.33. The molecule has 3 unspecified atom stereocenters. The SMILES string of the molecule is NC1CCC2CN(C(=O)c3ccn(-c4ccc([N+](=O)[O-])cc4)n3)CC12. The number of likely N-dealkylation sites (tertiary alicyclic amines) is 1. The fourth-order valence-electron chi connectivity index (χ4n) is 3.94. The maximum absolute atomic E-state index is 12.7. The fourth-order valence-corrected chi connectivity index (χ4v) is 3.94. The summed E-state index contributed by atoms with van der Waals surface area (Å²) < 4.78 is 1.56. The van der Waals surface area contributed by atoms with Crippen molar-refractivity contribution >= 4 is 11.6 Å². The van der Waals surface area contributed by atoms with Gasteiger partial charge in [-0.15, -0.1) is 0 Å². The van der Waals surface area contributed by atoms with Gasteiger partial charge in [0.15, 0.2) is 5.69 Å². The molecule has 2 heterocycles. The molecule has 0 bridgehead atoms. The second kappa shape index (κ2) is 5.96. The van der Waals surface area contributed by atoms with Crippen molar-refractivity contribution in [1.82, 2.24) is 14.7 Å². The van der Waals surface area contributed by atoms with E-state index in [1.165, 1.54) is 12.1 Å². The van der Waals surface area contributed by atoms with Crippen LogP contribution in [0.25, 0.3) is 5.69 Å². The molecule has 25 heavy (non-hydrogen) atoms. The summed E-state index contributed by atoms with van der Waals surface area (Å²) in [4.78, 5) is 24.8. The smallest absolute Gasteiger partial charge is 0.274 e. The summed E-state index contributed by atoms with van der Waals surface area (Å²) in [6.45, 7) is 1.46. The number of nitrogens with zero attached hydrogens (tertiary/aromatic N) is 4. The van der Waals surface area contributed by atoms with Crippen LogP contribution in [0.5, 0.6) is 0 Å². The first kappa shape index (κ1) is 15.8. The Morgan fingerprint density at radius 2 is 1.96 bits per heavy atom. The van der Waals surface area contributed by atoms with Crippen molar-refractivity contribution in [3.63, 3.8) is 0 Å². The molecule has 3 atom stereocenters. The molecule has 2 fully saturated rings. The summed E-state index contributed by atoms with van der Waals surface area (Å²) in [7, 11) is 0. The van der Waals surface area contributed by atoms with Gasteiger partial charge in [0, 0.05) is 37.5 Å². The second-order valence-corrected chi connectivity index (χ2v) is 6.79. The van der Waals surface area contributed by atoms with Crippen LogP contribution in [0.15, 0.2) is 36.5 Å². The number of non-ortho nitro benzene ring substituents is 1. The van der Waals surface area contributed by atoms with Crippen molar-refractivity contribution in [3.8, 4) is 5.69 Å². The first-order valence-corrected chi connectivity index (χ1v) is 8.38. The van der Waals surface area contributed by atoms with E-state index in [4.69, 9.17) is 5.73 Å². The first-order valence-electron chi connectivity index (χ1n) is 8.38. The van der Waals surface area contributed by atoms with Crippen LogP contribution in [0.3, 0.4) is 0 Å². The van der Waals surface area contributed by atoms with E-state index in [0.717, 1.165) is 19.4 Å². The van der Waals surface area contributed by atoms with E-state index in [0.29, 0.717) is 29.8 Å². The summed E-state index contributed by atoms with van der Waals surface area (Å²) >= 11 is 0. The molecule has 1 saturated carbocycles. The molecule has 130 valence electrons. The number of carbonyl (C=O) groups is 1. The lowest BCUT2D eigenvalue weighted by Gasteiger charge is -2.17. The van der Waals surface area contributed by atoms with Crippen LogP contribution >= 0.6 is 0 Å². The molecule has 1 amide bonds. The van der Waals surface area contributed by atoms with Crippen molar-refractivity contribution in [2.75, 3.05) is 13.1 Å². The average Bonchev–Trinajstić information content (AvgIpc) is 3.32. The van der Waals surface area contributed by atoms with Crippen molar-refractivity contribution in [1.29, 1.82) is 0 Å². The third-order valence-corrected chi connectivity index (χ3v) is 5.33. The molecule has 1 aliphatic heterocycles. The standard InChI is InChI=1S/C17H19N5O3/c18-15-6-1-11-9-20(10-14(11)15)17(23)16-7-8-21(19-16)12-2-4-13(5-3-12)22(24)25/h2-5,7-8,11,14-15H,1,6,9-10,18H2. The predicted molar refractivity (Wildman–Crippen MR) is 90.3 cm³/mol. The maximum atomic E-state index is 12.7. The summed E-state index contributed by atoms with van der Waals surface area (Å²) in [5, 5.41) is 15.1. The number of carbonyl (C=O) groups excluding carboxylic acids is 1. The van der Waals surface area contributed by atoms with Crippen LogP contribution in [0.4, 0.5) is 5.69 Å². The molecule has 8 heteroatoms. The highest BCUT2D eigenvalue weighted by atomic mass is 16.6. The lowest BCUT2D eigenvalue weighted by atomic mass is 9.98. The molecule has 2 aromatic rings. The summed E-state index contributed by atoms with van der Waals surface area (Å²) in [6.07, 6.45) is 3.83. The Morgan fingerprint density at radius 3 is 2.64 bits per heavy atom. The van der Waals surface area contributed by atoms with Gasteiger partial charge in [-0.1, -0.05) is 0 Å². The van der Waals surface area contributed by atoms with Gasteiger partial charge in [-0.05, 0) is 42.9 Å². The molecule has 1 aliphatic carbocycles. The molecule has 1 saturated heterocycles. The number of hydrogen-bond donors (Lipinski definition) is 1. The minimum atomic E-state index is -0.448. The highest BCUT2D eigenvalue weighted by Gasteiger charge is 2.42. The number of fused-ring (bicyclic) bond motifs is 1. The molecule has 8 nitrogen and oxygen atoms in total. The third kappa shape index (κ3) is 2.78. The number of benzene rings is 1. The topological polar surface area (TPSA) is 107 Å². The van der Waals surface area contributed by atoms with Gasteiger partial charge < -0.3 is 10.6 Å². The molecular formula is C17H19N5O3. The van der Waals surface area contributed by atoms with Crippen LogP contribution in [0, 0.1) is 22.0 Å². The molecule has 4 rings (SSSR count). The lowest BCUT2D eigenvalue weighted by Crippen LogP contribution is -2.33. The van der Waals surface area contributed by atoms with Crippen molar-refractivity contribution < 1.29 is 9.72 Å². The molecule has 1 aromatic heterocycles. The van der Waals surface area contributed by atoms with Gasteiger partial charge in [-0.25, -0.2) is 4.68 Å². The summed E-state index contributed by atoms with van der Waals surface area (Å²) in [5.74, 6) is 0.832. The van der Waals surface area contributed by atoms with E-state index in [9.17, 15) is 14.9 Å². The number of nitrogens with two attached hydrogens (primary N) is 1. The number of amides is 1. The monoisotopic (exact) mass is 341 g/mol.